The van der Waals surface area contributed by atoms with Gasteiger partial charge in [0.05, 0.1) is 11.8 Å². The summed E-state index contributed by atoms with van der Waals surface area (Å²) in [4.78, 5) is 18.3. The van der Waals surface area contributed by atoms with Gasteiger partial charge < -0.3 is 9.32 Å². The first-order valence-corrected chi connectivity index (χ1v) is 10.3. The van der Waals surface area contributed by atoms with E-state index in [0.29, 0.717) is 18.9 Å². The van der Waals surface area contributed by atoms with Gasteiger partial charge in [-0.25, -0.2) is 13.8 Å². The van der Waals surface area contributed by atoms with Gasteiger partial charge in [-0.05, 0) is 28.8 Å². The van der Waals surface area contributed by atoms with Crippen molar-refractivity contribution in [1.29, 1.82) is 0 Å². The summed E-state index contributed by atoms with van der Waals surface area (Å²) in [6, 6.07) is 21.5. The number of carbonyl (C=O) groups excluding carboxylic acids is 1. The van der Waals surface area contributed by atoms with Gasteiger partial charge in [0.2, 0.25) is 5.91 Å². The standard InChI is InChI=1S/C26H22F2N2O2/c1-30(17-18-7-9-20(10-8-18)19-5-3-2-4-6-19)26(31)14-13-25-29-16-24(32-25)22-12-11-21(27)15-23(22)28/h2-12,15-16H,13-14,17H2,1H3. The van der Waals surface area contributed by atoms with Gasteiger partial charge in [-0.2, -0.15) is 0 Å². The number of benzene rings is 3. The second kappa shape index (κ2) is 9.56. The number of rotatable bonds is 7. The maximum Gasteiger partial charge on any atom is 0.223 e. The number of nitrogens with zero attached hydrogens (tertiary/aromatic N) is 2. The average molecular weight is 432 g/mol. The molecule has 0 saturated heterocycles. The number of hydrogen-bond donors (Lipinski definition) is 0. The van der Waals surface area contributed by atoms with Crippen molar-refractivity contribution >= 4 is 5.91 Å². The van der Waals surface area contributed by atoms with Gasteiger partial charge >= 0.3 is 0 Å². The summed E-state index contributed by atoms with van der Waals surface area (Å²) in [7, 11) is 1.75. The van der Waals surface area contributed by atoms with Crippen LogP contribution in [-0.4, -0.2) is 22.8 Å². The third-order valence-electron chi connectivity index (χ3n) is 5.21. The van der Waals surface area contributed by atoms with Gasteiger partial charge in [0, 0.05) is 32.5 Å². The minimum Gasteiger partial charge on any atom is -0.441 e. The third kappa shape index (κ3) is 5.09. The van der Waals surface area contributed by atoms with Crippen molar-refractivity contribution in [2.75, 3.05) is 7.05 Å². The number of aryl methyl sites for hydroxylation is 1. The highest BCUT2D eigenvalue weighted by molar-refractivity contribution is 5.76. The zero-order chi connectivity index (χ0) is 22.5. The Balaban J connectivity index is 1.32. The fraction of sp³-hybridized carbons (Fsp3) is 0.154. The third-order valence-corrected chi connectivity index (χ3v) is 5.21. The van der Waals surface area contributed by atoms with E-state index in [2.05, 4.69) is 17.1 Å². The molecule has 32 heavy (non-hydrogen) atoms. The largest absolute Gasteiger partial charge is 0.441 e. The maximum atomic E-state index is 13.9. The van der Waals surface area contributed by atoms with Gasteiger partial charge in [0.25, 0.3) is 0 Å². The smallest absolute Gasteiger partial charge is 0.223 e. The number of amides is 1. The van der Waals surface area contributed by atoms with Crippen molar-refractivity contribution in [2.45, 2.75) is 19.4 Å². The van der Waals surface area contributed by atoms with Crippen molar-refractivity contribution < 1.29 is 18.0 Å². The summed E-state index contributed by atoms with van der Waals surface area (Å²) in [6.07, 6.45) is 1.89. The fourth-order valence-electron chi connectivity index (χ4n) is 3.44. The van der Waals surface area contributed by atoms with Crippen LogP contribution in [0.3, 0.4) is 0 Å². The van der Waals surface area contributed by atoms with Gasteiger partial charge in [-0.1, -0.05) is 54.6 Å². The molecule has 4 rings (SSSR count). The lowest BCUT2D eigenvalue weighted by Gasteiger charge is -2.17. The van der Waals surface area contributed by atoms with Crippen LogP contribution in [0.5, 0.6) is 0 Å². The molecule has 1 heterocycles. The summed E-state index contributed by atoms with van der Waals surface area (Å²) >= 11 is 0. The first kappa shape index (κ1) is 21.4. The number of aromatic nitrogens is 1. The van der Waals surface area contributed by atoms with E-state index in [1.165, 1.54) is 12.3 Å². The van der Waals surface area contributed by atoms with Crippen molar-refractivity contribution in [3.05, 3.63) is 102 Å². The van der Waals surface area contributed by atoms with E-state index in [9.17, 15) is 13.6 Å². The summed E-state index contributed by atoms with van der Waals surface area (Å²) in [5, 5.41) is 0. The van der Waals surface area contributed by atoms with Crippen LogP contribution in [0.15, 0.2) is 83.4 Å². The van der Waals surface area contributed by atoms with Crippen LogP contribution < -0.4 is 0 Å². The Kier molecular flexibility index (Phi) is 6.40. The van der Waals surface area contributed by atoms with Crippen LogP contribution >= 0.6 is 0 Å². The summed E-state index contributed by atoms with van der Waals surface area (Å²) in [5.41, 5.74) is 3.44. The van der Waals surface area contributed by atoms with Gasteiger partial charge in [0.15, 0.2) is 11.7 Å². The van der Waals surface area contributed by atoms with Crippen molar-refractivity contribution in [3.63, 3.8) is 0 Å². The number of oxazole rings is 1. The number of carbonyl (C=O) groups is 1. The highest BCUT2D eigenvalue weighted by Crippen LogP contribution is 2.25. The molecule has 4 aromatic rings. The lowest BCUT2D eigenvalue weighted by atomic mass is 10.0. The van der Waals surface area contributed by atoms with Gasteiger partial charge in [-0.3, -0.25) is 4.79 Å². The Bertz CT molecular complexity index is 1200. The van der Waals surface area contributed by atoms with E-state index in [1.54, 1.807) is 11.9 Å². The first-order valence-electron chi connectivity index (χ1n) is 10.3. The minimum atomic E-state index is -0.721. The lowest BCUT2D eigenvalue weighted by Crippen LogP contribution is -2.26. The molecule has 0 fully saturated rings. The number of hydrogen-bond acceptors (Lipinski definition) is 3. The molecule has 0 bridgehead atoms. The molecule has 0 saturated carbocycles. The summed E-state index contributed by atoms with van der Waals surface area (Å²) < 4.78 is 32.5. The molecule has 1 amide bonds. The Morgan fingerprint density at radius 2 is 1.69 bits per heavy atom. The molecular weight excluding hydrogens is 410 g/mol. The lowest BCUT2D eigenvalue weighted by molar-refractivity contribution is -0.130. The molecule has 0 atom stereocenters. The minimum absolute atomic E-state index is 0.0511. The van der Waals surface area contributed by atoms with E-state index >= 15 is 0 Å². The number of halogens is 2. The van der Waals surface area contributed by atoms with E-state index < -0.39 is 11.6 Å². The predicted molar refractivity (Wildman–Crippen MR) is 119 cm³/mol. The van der Waals surface area contributed by atoms with E-state index in [4.69, 9.17) is 4.42 Å². The van der Waals surface area contributed by atoms with Crippen LogP contribution in [0.25, 0.3) is 22.5 Å². The van der Waals surface area contributed by atoms with Gasteiger partial charge in [-0.15, -0.1) is 0 Å². The topological polar surface area (TPSA) is 46.3 Å². The molecule has 0 N–H and O–H groups in total. The zero-order valence-electron chi connectivity index (χ0n) is 17.6. The predicted octanol–water partition coefficient (Wildman–Crippen LogP) is 5.88. The van der Waals surface area contributed by atoms with Crippen molar-refractivity contribution in [3.8, 4) is 22.5 Å². The van der Waals surface area contributed by atoms with Crippen LogP contribution in [-0.2, 0) is 17.8 Å². The van der Waals surface area contributed by atoms with E-state index in [0.717, 1.165) is 28.8 Å². The first-order chi connectivity index (χ1) is 15.5. The average Bonchev–Trinajstić information content (AvgIpc) is 3.27. The molecule has 3 aromatic carbocycles. The molecule has 0 aliphatic heterocycles. The highest BCUT2D eigenvalue weighted by Gasteiger charge is 2.15. The van der Waals surface area contributed by atoms with Crippen LogP contribution in [0.4, 0.5) is 8.78 Å². The van der Waals surface area contributed by atoms with Gasteiger partial charge in [0.1, 0.15) is 11.6 Å². The fourth-order valence-corrected chi connectivity index (χ4v) is 3.44. The molecule has 0 spiro atoms. The SMILES string of the molecule is CN(Cc1ccc(-c2ccccc2)cc1)C(=O)CCc1ncc(-c2ccc(F)cc2F)o1. The van der Waals surface area contributed by atoms with Crippen molar-refractivity contribution in [2.24, 2.45) is 0 Å². The molecule has 0 unspecified atom stereocenters. The summed E-state index contributed by atoms with van der Waals surface area (Å²) in [6.45, 7) is 0.492. The molecule has 1 aromatic heterocycles. The Hall–Kier alpha value is -3.80. The Morgan fingerprint density at radius 1 is 0.969 bits per heavy atom. The molecule has 6 heteroatoms. The van der Waals surface area contributed by atoms with Crippen LogP contribution in [0.2, 0.25) is 0 Å². The van der Waals surface area contributed by atoms with Crippen LogP contribution in [0.1, 0.15) is 17.9 Å². The normalized spacial score (nSPS) is 10.8. The second-order valence-electron chi connectivity index (χ2n) is 7.56. The highest BCUT2D eigenvalue weighted by atomic mass is 19.1. The molecule has 4 nitrogen and oxygen atoms in total. The Labute approximate surface area is 185 Å². The maximum absolute atomic E-state index is 13.9. The summed E-state index contributed by atoms with van der Waals surface area (Å²) in [5.74, 6) is -0.893. The molecular formula is C26H22F2N2O2. The molecule has 0 aliphatic rings. The quantitative estimate of drug-likeness (QED) is 0.366. The molecule has 0 radical (unpaired) electrons. The Morgan fingerprint density at radius 3 is 2.41 bits per heavy atom. The molecule has 162 valence electrons. The monoisotopic (exact) mass is 432 g/mol. The van der Waals surface area contributed by atoms with Crippen LogP contribution in [0, 0.1) is 11.6 Å². The van der Waals surface area contributed by atoms with E-state index in [-0.39, 0.29) is 23.7 Å². The van der Waals surface area contributed by atoms with Crippen molar-refractivity contribution in [1.82, 2.24) is 9.88 Å². The van der Waals surface area contributed by atoms with E-state index in [1.807, 2.05) is 42.5 Å². The zero-order valence-corrected chi connectivity index (χ0v) is 17.6. The second-order valence-corrected chi connectivity index (χ2v) is 7.56. The molecule has 0 aliphatic carbocycles.